The van der Waals surface area contributed by atoms with Gasteiger partial charge in [0, 0.05) is 34.1 Å². The number of aromatic nitrogens is 3. The second kappa shape index (κ2) is 11.4. The Bertz CT molecular complexity index is 1480. The Labute approximate surface area is 223 Å². The average molecular weight is 538 g/mol. The predicted octanol–water partition coefficient (Wildman–Crippen LogP) is 7.12. The van der Waals surface area contributed by atoms with Gasteiger partial charge >= 0.3 is 0 Å². The van der Waals surface area contributed by atoms with E-state index < -0.39 is 0 Å². The molecule has 36 heavy (non-hydrogen) atoms. The normalized spacial score (nSPS) is 10.6. The number of ether oxygens (including phenoxy) is 1. The molecule has 0 bridgehead atoms. The highest BCUT2D eigenvalue weighted by Gasteiger charge is 2.12. The third-order valence-electron chi connectivity index (χ3n) is 5.38. The van der Waals surface area contributed by atoms with Crippen LogP contribution in [0.2, 0.25) is 5.02 Å². The highest BCUT2D eigenvalue weighted by Crippen LogP contribution is 2.25. The van der Waals surface area contributed by atoms with Gasteiger partial charge in [-0.25, -0.2) is 0 Å². The van der Waals surface area contributed by atoms with E-state index in [9.17, 15) is 4.79 Å². The first-order chi connectivity index (χ1) is 17.4. The lowest BCUT2D eigenvalue weighted by Crippen LogP contribution is -2.13. The van der Waals surface area contributed by atoms with Crippen LogP contribution in [0.5, 0.6) is 0 Å². The van der Waals surface area contributed by atoms with Crippen molar-refractivity contribution in [1.29, 1.82) is 0 Å². The molecule has 1 aromatic heterocycles. The van der Waals surface area contributed by atoms with Gasteiger partial charge in [-0.05, 0) is 104 Å². The lowest BCUT2D eigenvalue weighted by Gasteiger charge is -2.16. The van der Waals surface area contributed by atoms with Crippen LogP contribution in [0.3, 0.4) is 0 Å². The molecule has 0 radical (unpaired) electrons. The smallest absolute Gasteiger partial charge is 0.255 e. The molecule has 4 aromatic rings. The zero-order chi connectivity index (χ0) is 25.7. The number of aromatic amines is 2. The molecule has 0 unspecified atom stereocenters. The Morgan fingerprint density at radius 2 is 1.64 bits per heavy atom. The van der Waals surface area contributed by atoms with E-state index in [-0.39, 0.29) is 5.91 Å². The summed E-state index contributed by atoms with van der Waals surface area (Å²) in [5.74, 6) is 0.331. The molecule has 0 aliphatic rings. The number of halogens is 1. The fraction of sp³-hybridized carbons (Fsp3) is 0.115. The second-order valence-electron chi connectivity index (χ2n) is 7.79. The summed E-state index contributed by atoms with van der Waals surface area (Å²) < 4.78 is 8.21. The van der Waals surface area contributed by atoms with Crippen molar-refractivity contribution in [2.45, 2.75) is 13.5 Å². The fourth-order valence-corrected chi connectivity index (χ4v) is 4.30. The summed E-state index contributed by atoms with van der Waals surface area (Å²) in [6.07, 6.45) is 0. The van der Waals surface area contributed by atoms with Crippen LogP contribution in [0.25, 0.3) is 11.4 Å². The Hall–Kier alpha value is -3.66. The average Bonchev–Trinajstić information content (AvgIpc) is 3.21. The van der Waals surface area contributed by atoms with Gasteiger partial charge < -0.3 is 15.4 Å². The fourth-order valence-electron chi connectivity index (χ4n) is 3.62. The number of benzene rings is 3. The number of amides is 1. The number of nitrogens with zero attached hydrogens (tertiary/aromatic N) is 1. The third kappa shape index (κ3) is 5.93. The minimum atomic E-state index is -0.239. The number of hydrogen-bond acceptors (Lipinski definition) is 5. The lowest BCUT2D eigenvalue weighted by molar-refractivity contribution is 0.102. The molecular weight excluding hydrogens is 514 g/mol. The molecule has 7 nitrogen and oxygen atoms in total. The molecule has 184 valence electrons. The van der Waals surface area contributed by atoms with Gasteiger partial charge in [0.2, 0.25) is 0 Å². The Morgan fingerprint density at radius 1 is 1.00 bits per heavy atom. The molecule has 0 fully saturated rings. The van der Waals surface area contributed by atoms with Crippen molar-refractivity contribution in [2.75, 3.05) is 17.2 Å². The van der Waals surface area contributed by atoms with E-state index in [0.717, 1.165) is 22.5 Å². The summed E-state index contributed by atoms with van der Waals surface area (Å²) in [6.45, 7) is 6.97. The van der Waals surface area contributed by atoms with E-state index in [2.05, 4.69) is 27.4 Å². The SMILES string of the molecule is C=C(OCC)c1ccc(NC(=O)c2ccc(-n3c(=S)[nH][nH]c3=S)cc2)cc1CNc1ccc(Cl)cc1. The molecule has 3 aromatic carbocycles. The van der Waals surface area contributed by atoms with Crippen molar-refractivity contribution >= 4 is 59.1 Å². The van der Waals surface area contributed by atoms with E-state index in [1.165, 1.54) is 0 Å². The third-order valence-corrected chi connectivity index (χ3v) is 6.20. The van der Waals surface area contributed by atoms with Crippen molar-refractivity contribution in [3.63, 3.8) is 0 Å². The van der Waals surface area contributed by atoms with Crippen LogP contribution in [-0.4, -0.2) is 27.3 Å². The Morgan fingerprint density at radius 3 is 2.28 bits per heavy atom. The van der Waals surface area contributed by atoms with Crippen molar-refractivity contribution in [1.82, 2.24) is 14.8 Å². The summed E-state index contributed by atoms with van der Waals surface area (Å²) in [5, 5.41) is 12.6. The maximum Gasteiger partial charge on any atom is 0.255 e. The molecule has 4 N–H and O–H groups in total. The molecule has 0 aliphatic heterocycles. The summed E-state index contributed by atoms with van der Waals surface area (Å²) in [5.41, 5.74) is 4.62. The quantitative estimate of drug-likeness (QED) is 0.135. The number of hydrogen-bond donors (Lipinski definition) is 4. The second-order valence-corrected chi connectivity index (χ2v) is 9.00. The molecule has 0 saturated heterocycles. The first-order valence-corrected chi connectivity index (χ1v) is 12.3. The minimum Gasteiger partial charge on any atom is -0.494 e. The maximum atomic E-state index is 12.9. The van der Waals surface area contributed by atoms with Crippen LogP contribution >= 0.6 is 36.0 Å². The lowest BCUT2D eigenvalue weighted by atomic mass is 10.0. The van der Waals surface area contributed by atoms with Gasteiger partial charge in [-0.15, -0.1) is 0 Å². The monoisotopic (exact) mass is 537 g/mol. The van der Waals surface area contributed by atoms with Crippen LogP contribution in [0.4, 0.5) is 11.4 Å². The molecule has 0 aliphatic carbocycles. The molecule has 10 heteroatoms. The van der Waals surface area contributed by atoms with Crippen LogP contribution in [-0.2, 0) is 11.3 Å². The Kier molecular flexibility index (Phi) is 8.04. The highest BCUT2D eigenvalue weighted by molar-refractivity contribution is 7.72. The number of anilines is 2. The first-order valence-electron chi connectivity index (χ1n) is 11.1. The van der Waals surface area contributed by atoms with Crippen LogP contribution in [0, 0.1) is 9.54 Å². The first kappa shape index (κ1) is 25.4. The number of H-pyrrole nitrogens is 2. The van der Waals surface area contributed by atoms with Crippen molar-refractivity contribution < 1.29 is 9.53 Å². The molecule has 0 atom stereocenters. The van der Waals surface area contributed by atoms with Gasteiger partial charge in [0.25, 0.3) is 5.91 Å². The summed E-state index contributed by atoms with van der Waals surface area (Å²) in [4.78, 5) is 12.9. The van der Waals surface area contributed by atoms with E-state index in [0.29, 0.717) is 44.7 Å². The molecular formula is C26H24ClN5O2S2. The van der Waals surface area contributed by atoms with E-state index in [4.69, 9.17) is 40.8 Å². The van der Waals surface area contributed by atoms with Gasteiger partial charge in [0.15, 0.2) is 9.54 Å². The van der Waals surface area contributed by atoms with Crippen LogP contribution in [0.15, 0.2) is 73.3 Å². The number of rotatable bonds is 9. The molecule has 4 rings (SSSR count). The van der Waals surface area contributed by atoms with Crippen molar-refractivity contribution in [3.05, 3.63) is 105 Å². The van der Waals surface area contributed by atoms with E-state index in [1.54, 1.807) is 28.8 Å². The van der Waals surface area contributed by atoms with Gasteiger partial charge in [-0.1, -0.05) is 18.2 Å². The van der Waals surface area contributed by atoms with Crippen LogP contribution in [0.1, 0.15) is 28.4 Å². The zero-order valence-corrected chi connectivity index (χ0v) is 21.8. The summed E-state index contributed by atoms with van der Waals surface area (Å²) >= 11 is 16.5. The van der Waals surface area contributed by atoms with Crippen LogP contribution < -0.4 is 10.6 Å². The predicted molar refractivity (Wildman–Crippen MR) is 150 cm³/mol. The molecule has 1 amide bonds. The number of carbonyl (C=O) groups is 1. The summed E-state index contributed by atoms with van der Waals surface area (Å²) in [6, 6.07) is 20.1. The van der Waals surface area contributed by atoms with Gasteiger partial charge in [0.05, 0.1) is 12.3 Å². The summed E-state index contributed by atoms with van der Waals surface area (Å²) in [7, 11) is 0. The Balaban J connectivity index is 1.53. The van der Waals surface area contributed by atoms with Crippen molar-refractivity contribution in [3.8, 4) is 5.69 Å². The van der Waals surface area contributed by atoms with Gasteiger partial charge in [-0.2, -0.15) is 0 Å². The zero-order valence-electron chi connectivity index (χ0n) is 19.4. The number of carbonyl (C=O) groups excluding carboxylic acids is 1. The van der Waals surface area contributed by atoms with E-state index >= 15 is 0 Å². The van der Waals surface area contributed by atoms with Gasteiger partial charge in [0.1, 0.15) is 5.76 Å². The van der Waals surface area contributed by atoms with Gasteiger partial charge in [-0.3, -0.25) is 19.6 Å². The standard InChI is InChI=1S/C26H24ClN5O2S2/c1-3-34-16(2)23-13-10-21(14-18(23)15-28-20-8-6-19(27)7-9-20)29-24(33)17-4-11-22(12-5-17)32-25(35)30-31-26(32)36/h4-14,28H,2-3,15H2,1H3,(H,29,33)(H,30,35)(H,31,36). The van der Waals surface area contributed by atoms with E-state index in [1.807, 2.05) is 49.4 Å². The minimum absolute atomic E-state index is 0.239. The molecule has 1 heterocycles. The van der Waals surface area contributed by atoms with Crippen molar-refractivity contribution in [2.24, 2.45) is 0 Å². The molecule has 0 saturated carbocycles. The highest BCUT2D eigenvalue weighted by atomic mass is 35.5. The molecule has 0 spiro atoms. The number of nitrogens with one attached hydrogen (secondary N) is 4. The maximum absolute atomic E-state index is 12.9. The topological polar surface area (TPSA) is 86.9 Å². The largest absolute Gasteiger partial charge is 0.494 e.